The third kappa shape index (κ3) is 75.9. The fourth-order valence-corrected chi connectivity index (χ4v) is 14.9. The molecule has 0 aliphatic rings. The van der Waals surface area contributed by atoms with Crippen molar-refractivity contribution < 1.29 is 80.2 Å². The number of phosphoric ester groups is 2. The number of unbranched alkanes of at least 4 members (excludes halogenated alkanes) is 49. The highest BCUT2D eigenvalue weighted by Crippen LogP contribution is 2.45. The van der Waals surface area contributed by atoms with Crippen LogP contribution in [0, 0.1) is 17.8 Å². The van der Waals surface area contributed by atoms with Gasteiger partial charge in [-0.3, -0.25) is 37.3 Å². The van der Waals surface area contributed by atoms with Gasteiger partial charge in [-0.25, -0.2) is 9.13 Å². The number of aliphatic hydroxyl groups is 1. The topological polar surface area (TPSA) is 237 Å². The second-order valence-electron chi connectivity index (χ2n) is 31.7. The molecule has 0 saturated carbocycles. The number of hydrogen-bond donors (Lipinski definition) is 3. The lowest BCUT2D eigenvalue weighted by Gasteiger charge is -2.21. The first-order valence-corrected chi connectivity index (χ1v) is 47.5. The van der Waals surface area contributed by atoms with Crippen LogP contribution >= 0.6 is 15.6 Å². The Morgan fingerprint density at radius 2 is 0.457 bits per heavy atom. The maximum absolute atomic E-state index is 13.1. The first-order chi connectivity index (χ1) is 50.8. The summed E-state index contributed by atoms with van der Waals surface area (Å²) in [5.41, 5.74) is 0. The quantitative estimate of drug-likeness (QED) is 0.0222. The van der Waals surface area contributed by atoms with E-state index in [1.807, 2.05) is 0 Å². The van der Waals surface area contributed by atoms with Crippen LogP contribution < -0.4 is 0 Å². The molecule has 0 aromatic carbocycles. The van der Waals surface area contributed by atoms with Crippen molar-refractivity contribution in [2.24, 2.45) is 17.8 Å². The molecular weight excluding hydrogens is 1370 g/mol. The van der Waals surface area contributed by atoms with E-state index in [1.165, 1.54) is 263 Å². The second kappa shape index (κ2) is 76.1. The van der Waals surface area contributed by atoms with Gasteiger partial charge >= 0.3 is 39.5 Å². The molecule has 5 unspecified atom stereocenters. The Morgan fingerprint density at radius 3 is 0.676 bits per heavy atom. The maximum Gasteiger partial charge on any atom is 0.472 e. The molecule has 0 fully saturated rings. The highest BCUT2D eigenvalue weighted by Gasteiger charge is 2.31. The lowest BCUT2D eigenvalue weighted by molar-refractivity contribution is -0.161. The molecule has 0 spiro atoms. The third-order valence-corrected chi connectivity index (χ3v) is 23.1. The monoisotopic (exact) mass is 1540 g/mol. The highest BCUT2D eigenvalue weighted by atomic mass is 31.2. The molecule has 0 saturated heterocycles. The van der Waals surface area contributed by atoms with Crippen molar-refractivity contribution >= 4 is 39.5 Å². The van der Waals surface area contributed by atoms with Crippen LogP contribution in [0.25, 0.3) is 0 Å². The van der Waals surface area contributed by atoms with Crippen molar-refractivity contribution in [3.63, 3.8) is 0 Å². The van der Waals surface area contributed by atoms with Crippen LogP contribution in [0.1, 0.15) is 453 Å². The van der Waals surface area contributed by atoms with Gasteiger partial charge in [-0.1, -0.05) is 402 Å². The van der Waals surface area contributed by atoms with Gasteiger partial charge in [0.2, 0.25) is 0 Å². The van der Waals surface area contributed by atoms with Crippen LogP contribution in [0.4, 0.5) is 0 Å². The molecule has 0 aromatic rings. The van der Waals surface area contributed by atoms with Gasteiger partial charge in [-0.2, -0.15) is 0 Å². The Morgan fingerprint density at radius 1 is 0.267 bits per heavy atom. The molecule has 3 N–H and O–H groups in total. The summed E-state index contributed by atoms with van der Waals surface area (Å²) in [5.74, 6) is 0.406. The second-order valence-corrected chi connectivity index (χ2v) is 34.6. The van der Waals surface area contributed by atoms with E-state index < -0.39 is 97.5 Å². The van der Waals surface area contributed by atoms with Crippen molar-refractivity contribution in [2.45, 2.75) is 471 Å². The Balaban J connectivity index is 5.18. The Bertz CT molecular complexity index is 2030. The highest BCUT2D eigenvalue weighted by molar-refractivity contribution is 7.47. The maximum atomic E-state index is 13.1. The van der Waals surface area contributed by atoms with E-state index in [-0.39, 0.29) is 25.7 Å². The van der Waals surface area contributed by atoms with Gasteiger partial charge in [0.05, 0.1) is 26.4 Å². The van der Waals surface area contributed by atoms with E-state index in [2.05, 4.69) is 48.5 Å². The SMILES string of the molecule is CCCCCCCCCCCC(=O)OC[C@H](COP(=O)(O)OC[C@H](O)COP(=O)(O)OC[C@@H](COC(=O)CCCCCCCCCCCCCCCCCCCCC(C)CC)OC(=O)CCCCCCCCCCCCCCCCCCCCC(C)CC)OC(=O)CCCCCCCCCCC(C)CC. The Hall–Kier alpha value is -1.94. The smallest absolute Gasteiger partial charge is 0.462 e. The van der Waals surface area contributed by atoms with Gasteiger partial charge in [-0.15, -0.1) is 0 Å². The van der Waals surface area contributed by atoms with Crippen LogP contribution in [-0.2, 0) is 65.4 Å². The zero-order valence-corrected chi connectivity index (χ0v) is 71.0. The van der Waals surface area contributed by atoms with Crippen LogP contribution in [0.5, 0.6) is 0 Å². The fourth-order valence-electron chi connectivity index (χ4n) is 13.3. The van der Waals surface area contributed by atoms with Gasteiger partial charge in [0.15, 0.2) is 12.2 Å². The minimum Gasteiger partial charge on any atom is -0.462 e. The number of esters is 4. The van der Waals surface area contributed by atoms with Gasteiger partial charge in [-0.05, 0) is 43.4 Å². The molecule has 0 heterocycles. The van der Waals surface area contributed by atoms with Gasteiger partial charge in [0.25, 0.3) is 0 Å². The number of hydrogen-bond acceptors (Lipinski definition) is 15. The van der Waals surface area contributed by atoms with E-state index in [9.17, 15) is 43.2 Å². The molecular formula is C86H168O17P2. The minimum absolute atomic E-state index is 0.105. The summed E-state index contributed by atoms with van der Waals surface area (Å²) < 4.78 is 68.8. The van der Waals surface area contributed by atoms with Gasteiger partial charge in [0.1, 0.15) is 19.3 Å². The van der Waals surface area contributed by atoms with E-state index in [4.69, 9.17) is 37.0 Å². The van der Waals surface area contributed by atoms with Crippen molar-refractivity contribution in [1.29, 1.82) is 0 Å². The number of phosphoric acid groups is 2. The van der Waals surface area contributed by atoms with Crippen molar-refractivity contribution in [1.82, 2.24) is 0 Å². The lowest BCUT2D eigenvalue weighted by atomic mass is 9.99. The van der Waals surface area contributed by atoms with Crippen LogP contribution in [0.2, 0.25) is 0 Å². The number of carbonyl (C=O) groups excluding carboxylic acids is 4. The summed E-state index contributed by atoms with van der Waals surface area (Å²) in [6.45, 7) is 12.1. The molecule has 0 rings (SSSR count). The molecule has 0 bridgehead atoms. The van der Waals surface area contributed by atoms with Crippen LogP contribution in [0.15, 0.2) is 0 Å². The molecule has 105 heavy (non-hydrogen) atoms. The summed E-state index contributed by atoms with van der Waals surface area (Å²) in [4.78, 5) is 73.1. The summed E-state index contributed by atoms with van der Waals surface area (Å²) in [7, 11) is -9.92. The number of rotatable bonds is 84. The summed E-state index contributed by atoms with van der Waals surface area (Å²) in [5, 5.41) is 10.7. The minimum atomic E-state index is -4.97. The van der Waals surface area contributed by atoms with E-state index in [1.54, 1.807) is 0 Å². The normalized spacial score (nSPS) is 14.6. The zero-order valence-electron chi connectivity index (χ0n) is 69.2. The summed E-state index contributed by atoms with van der Waals surface area (Å²) in [6, 6.07) is 0. The first-order valence-electron chi connectivity index (χ1n) is 44.5. The van der Waals surface area contributed by atoms with Crippen molar-refractivity contribution in [3.05, 3.63) is 0 Å². The van der Waals surface area contributed by atoms with E-state index in [0.29, 0.717) is 25.7 Å². The zero-order chi connectivity index (χ0) is 77.2. The lowest BCUT2D eigenvalue weighted by Crippen LogP contribution is -2.30. The van der Waals surface area contributed by atoms with Gasteiger partial charge < -0.3 is 33.8 Å². The molecule has 0 amide bonds. The fraction of sp³-hybridized carbons (Fsp3) is 0.953. The van der Waals surface area contributed by atoms with Crippen molar-refractivity contribution in [3.8, 4) is 0 Å². The van der Waals surface area contributed by atoms with Gasteiger partial charge in [0, 0.05) is 25.7 Å². The molecule has 624 valence electrons. The Kier molecular flexibility index (Phi) is 74.7. The summed E-state index contributed by atoms with van der Waals surface area (Å²) >= 11 is 0. The predicted octanol–water partition coefficient (Wildman–Crippen LogP) is 26.1. The molecule has 0 aromatic heterocycles. The molecule has 0 radical (unpaired) electrons. The number of aliphatic hydroxyl groups excluding tert-OH is 1. The Labute approximate surface area is 645 Å². The molecule has 0 aliphatic heterocycles. The number of ether oxygens (including phenoxy) is 4. The predicted molar refractivity (Wildman–Crippen MR) is 432 cm³/mol. The average Bonchev–Trinajstić information content (AvgIpc) is 0.902. The largest absolute Gasteiger partial charge is 0.472 e. The standard InChI is InChI=1S/C86H168O17P2/c1-8-12-13-14-15-36-46-53-60-67-83(88)96-73-82(103-86(91)70-63-56-49-42-41-45-52-59-66-79(7)11-4)76-101-105(94,95)99-72-80(87)71-98-104(92,93)100-75-81(102-85(90)69-62-55-48-40-35-31-27-23-19-17-21-25-29-33-38-44-51-58-65-78(6)10-3)74-97-84(89)68-61-54-47-39-34-30-26-22-18-16-20-24-28-32-37-43-50-57-64-77(5)9-2/h77-82,87H,8-76H2,1-7H3,(H,92,93)(H,94,95)/t77?,78?,79?,80-,81-,82-/m1/s1. The molecule has 0 aliphatic carbocycles. The first kappa shape index (κ1) is 103. The van der Waals surface area contributed by atoms with E-state index >= 15 is 0 Å². The molecule has 8 atom stereocenters. The molecule has 19 heteroatoms. The van der Waals surface area contributed by atoms with Crippen molar-refractivity contribution in [2.75, 3.05) is 39.6 Å². The van der Waals surface area contributed by atoms with Crippen LogP contribution in [-0.4, -0.2) is 96.7 Å². The average molecular weight is 1540 g/mol. The third-order valence-electron chi connectivity index (χ3n) is 21.2. The van der Waals surface area contributed by atoms with Crippen LogP contribution in [0.3, 0.4) is 0 Å². The summed E-state index contributed by atoms with van der Waals surface area (Å²) in [6.07, 6.45) is 66.7. The molecule has 17 nitrogen and oxygen atoms in total. The van der Waals surface area contributed by atoms with E-state index in [0.717, 1.165) is 108 Å². The number of carbonyl (C=O) groups is 4.